The van der Waals surface area contributed by atoms with Crippen molar-refractivity contribution in [3.63, 3.8) is 0 Å². The molecule has 0 atom stereocenters. The van der Waals surface area contributed by atoms with Crippen LogP contribution in [0, 0.1) is 17.1 Å². The van der Waals surface area contributed by atoms with Gasteiger partial charge in [-0.25, -0.2) is 9.18 Å². The zero-order valence-corrected chi connectivity index (χ0v) is 12.5. The molecule has 8 heteroatoms. The summed E-state index contributed by atoms with van der Waals surface area (Å²) in [5, 5.41) is 18.7. The van der Waals surface area contributed by atoms with E-state index in [1.165, 1.54) is 18.2 Å². The zero-order valence-electron chi connectivity index (χ0n) is 12.5. The van der Waals surface area contributed by atoms with Crippen molar-refractivity contribution in [1.29, 1.82) is 5.26 Å². The van der Waals surface area contributed by atoms with E-state index in [-0.39, 0.29) is 36.5 Å². The highest BCUT2D eigenvalue weighted by Crippen LogP contribution is 2.35. The van der Waals surface area contributed by atoms with E-state index in [9.17, 15) is 19.2 Å². The second kappa shape index (κ2) is 5.70. The fourth-order valence-electron chi connectivity index (χ4n) is 3.03. The van der Waals surface area contributed by atoms with Gasteiger partial charge in [-0.15, -0.1) is 0 Å². The molecule has 2 heterocycles. The molecular formula is C16H13FN4O3. The maximum absolute atomic E-state index is 13.6. The number of nitrogens with zero attached hydrogens (tertiary/aromatic N) is 3. The van der Waals surface area contributed by atoms with Crippen molar-refractivity contribution >= 4 is 12.0 Å². The fourth-order valence-corrected chi connectivity index (χ4v) is 3.03. The van der Waals surface area contributed by atoms with E-state index in [0.717, 1.165) is 4.90 Å². The number of hydrogen-bond donors (Lipinski definition) is 2. The summed E-state index contributed by atoms with van der Waals surface area (Å²) < 4.78 is 15.2. The molecule has 0 fully saturated rings. The van der Waals surface area contributed by atoms with Gasteiger partial charge in [0.15, 0.2) is 0 Å². The summed E-state index contributed by atoms with van der Waals surface area (Å²) in [6, 6.07) is 7.54. The number of aromatic nitrogens is 1. The molecule has 0 saturated heterocycles. The maximum Gasteiger partial charge on any atom is 0.407 e. The summed E-state index contributed by atoms with van der Waals surface area (Å²) in [5.74, 6) is -1.30. The van der Waals surface area contributed by atoms with Gasteiger partial charge < -0.3 is 20.3 Å². The third kappa shape index (κ3) is 2.36. The van der Waals surface area contributed by atoms with E-state index >= 15 is 0 Å². The van der Waals surface area contributed by atoms with Gasteiger partial charge in [0.25, 0.3) is 5.91 Å². The van der Waals surface area contributed by atoms with E-state index in [2.05, 4.69) is 0 Å². The van der Waals surface area contributed by atoms with Crippen LogP contribution in [0.5, 0.6) is 0 Å². The molecule has 2 amide bonds. The molecule has 122 valence electrons. The number of carbonyl (C=O) groups is 2. The third-order valence-electron chi connectivity index (χ3n) is 4.04. The van der Waals surface area contributed by atoms with Crippen molar-refractivity contribution in [2.45, 2.75) is 13.1 Å². The predicted molar refractivity (Wildman–Crippen MR) is 81.5 cm³/mol. The van der Waals surface area contributed by atoms with Gasteiger partial charge in [-0.05, 0) is 17.7 Å². The summed E-state index contributed by atoms with van der Waals surface area (Å²) in [5.41, 5.74) is 6.66. The van der Waals surface area contributed by atoms with Crippen molar-refractivity contribution in [2.75, 3.05) is 6.54 Å². The monoisotopic (exact) mass is 328 g/mol. The van der Waals surface area contributed by atoms with Crippen LogP contribution in [-0.2, 0) is 13.1 Å². The molecule has 0 aliphatic carbocycles. The van der Waals surface area contributed by atoms with Crippen LogP contribution in [-0.4, -0.2) is 33.1 Å². The fraction of sp³-hybridized carbons (Fsp3) is 0.188. The van der Waals surface area contributed by atoms with Gasteiger partial charge in [0, 0.05) is 18.7 Å². The van der Waals surface area contributed by atoms with Crippen LogP contribution in [0.1, 0.15) is 21.7 Å². The average molecular weight is 328 g/mol. The summed E-state index contributed by atoms with van der Waals surface area (Å²) in [6.45, 7) is 0.351. The van der Waals surface area contributed by atoms with E-state index in [1.807, 2.05) is 6.07 Å². The molecule has 0 spiro atoms. The molecule has 0 bridgehead atoms. The van der Waals surface area contributed by atoms with Crippen molar-refractivity contribution in [3.05, 3.63) is 47.0 Å². The summed E-state index contributed by atoms with van der Waals surface area (Å²) in [7, 11) is 0. The molecule has 24 heavy (non-hydrogen) atoms. The molecule has 2 aromatic rings. The van der Waals surface area contributed by atoms with E-state index < -0.39 is 17.8 Å². The van der Waals surface area contributed by atoms with Gasteiger partial charge in [-0.2, -0.15) is 5.26 Å². The third-order valence-corrected chi connectivity index (χ3v) is 4.04. The Labute approximate surface area is 136 Å². The lowest BCUT2D eigenvalue weighted by molar-refractivity contribution is 0.0993. The van der Waals surface area contributed by atoms with Crippen molar-refractivity contribution in [3.8, 4) is 17.2 Å². The number of nitrogens with two attached hydrogens (primary N) is 1. The highest BCUT2D eigenvalue weighted by molar-refractivity contribution is 6.03. The Hall–Kier alpha value is -3.34. The molecular weight excluding hydrogens is 315 g/mol. The number of nitriles is 1. The Kier molecular flexibility index (Phi) is 3.69. The number of carbonyl (C=O) groups excluding carboxylic acids is 1. The van der Waals surface area contributed by atoms with Crippen molar-refractivity contribution in [1.82, 2.24) is 9.47 Å². The number of benzene rings is 1. The van der Waals surface area contributed by atoms with Gasteiger partial charge in [0.1, 0.15) is 17.6 Å². The number of hydrogen-bond acceptors (Lipinski definition) is 3. The topological polar surface area (TPSA) is 112 Å². The number of halogens is 1. The smallest absolute Gasteiger partial charge is 0.407 e. The molecule has 1 aliphatic heterocycles. The first-order valence-corrected chi connectivity index (χ1v) is 7.13. The Morgan fingerprint density at radius 3 is 2.67 bits per heavy atom. The van der Waals surface area contributed by atoms with Crippen LogP contribution in [0.15, 0.2) is 24.3 Å². The normalized spacial score (nSPS) is 13.2. The van der Waals surface area contributed by atoms with Crippen LogP contribution in [0.25, 0.3) is 11.1 Å². The van der Waals surface area contributed by atoms with Crippen LogP contribution < -0.4 is 5.73 Å². The largest absolute Gasteiger partial charge is 0.465 e. The van der Waals surface area contributed by atoms with Crippen LogP contribution in [0.3, 0.4) is 0 Å². The highest BCUT2D eigenvalue weighted by Gasteiger charge is 2.32. The van der Waals surface area contributed by atoms with Crippen LogP contribution in [0.2, 0.25) is 0 Å². The van der Waals surface area contributed by atoms with Gasteiger partial charge >= 0.3 is 6.09 Å². The van der Waals surface area contributed by atoms with Gasteiger partial charge in [0.05, 0.1) is 17.8 Å². The first kappa shape index (κ1) is 15.6. The first-order valence-electron chi connectivity index (χ1n) is 7.13. The number of carboxylic acid groups (broad SMARTS) is 1. The lowest BCUT2D eigenvalue weighted by Crippen LogP contribution is -2.38. The number of rotatable bonds is 2. The molecule has 1 aliphatic rings. The minimum absolute atomic E-state index is 0.0579. The highest BCUT2D eigenvalue weighted by atomic mass is 19.1. The Morgan fingerprint density at radius 2 is 2.08 bits per heavy atom. The molecule has 0 unspecified atom stereocenters. The Bertz CT molecular complexity index is 897. The van der Waals surface area contributed by atoms with Crippen LogP contribution in [0.4, 0.5) is 9.18 Å². The molecule has 1 aromatic carbocycles. The summed E-state index contributed by atoms with van der Waals surface area (Å²) in [4.78, 5) is 24.3. The molecule has 7 nitrogen and oxygen atoms in total. The lowest BCUT2D eigenvalue weighted by atomic mass is 9.99. The van der Waals surface area contributed by atoms with E-state index in [1.54, 1.807) is 10.6 Å². The van der Waals surface area contributed by atoms with E-state index in [4.69, 9.17) is 10.8 Å². The Morgan fingerprint density at radius 1 is 1.33 bits per heavy atom. The van der Waals surface area contributed by atoms with Crippen molar-refractivity contribution < 1.29 is 19.1 Å². The average Bonchev–Trinajstić information content (AvgIpc) is 2.88. The van der Waals surface area contributed by atoms with Gasteiger partial charge in [-0.3, -0.25) is 4.79 Å². The maximum atomic E-state index is 13.6. The standard InChI is InChI=1S/C16H13FN4O3/c17-10-3-1-2-9(6-10)13-11(7-18)21-5-4-20(16(23)24)8-12(21)14(13)15(19)22/h1-3,6H,4-5,8H2,(H2,19,22)(H,23,24). The molecule has 3 rings (SSSR count). The number of primary amides is 1. The molecule has 0 saturated carbocycles. The minimum Gasteiger partial charge on any atom is -0.465 e. The molecule has 0 radical (unpaired) electrons. The molecule has 1 aromatic heterocycles. The number of fused-ring (bicyclic) bond motifs is 1. The Balaban J connectivity index is 2.29. The quantitative estimate of drug-likeness (QED) is 0.874. The van der Waals surface area contributed by atoms with Crippen LogP contribution >= 0.6 is 0 Å². The lowest BCUT2D eigenvalue weighted by Gasteiger charge is -2.26. The second-order valence-corrected chi connectivity index (χ2v) is 5.39. The zero-order chi connectivity index (χ0) is 17.4. The SMILES string of the molecule is N#Cc1c(-c2cccc(F)c2)c(C(N)=O)c2n1CCN(C(=O)O)C2. The summed E-state index contributed by atoms with van der Waals surface area (Å²) in [6.07, 6.45) is -1.12. The second-order valence-electron chi connectivity index (χ2n) is 5.39. The number of amides is 2. The predicted octanol–water partition coefficient (Wildman–Crippen LogP) is 1.76. The van der Waals surface area contributed by atoms with Crippen molar-refractivity contribution in [2.24, 2.45) is 5.73 Å². The first-order chi connectivity index (χ1) is 11.4. The molecule has 3 N–H and O–H groups in total. The van der Waals surface area contributed by atoms with E-state index in [0.29, 0.717) is 11.3 Å². The van der Waals surface area contributed by atoms with Gasteiger partial charge in [-0.1, -0.05) is 12.1 Å². The van der Waals surface area contributed by atoms with Gasteiger partial charge in [0.2, 0.25) is 0 Å². The minimum atomic E-state index is -1.12. The summed E-state index contributed by atoms with van der Waals surface area (Å²) >= 11 is 0.